The van der Waals surface area contributed by atoms with Crippen LogP contribution in [-0.2, 0) is 14.8 Å². The zero-order valence-electron chi connectivity index (χ0n) is 15.6. The number of benzene rings is 2. The van der Waals surface area contributed by atoms with Gasteiger partial charge >= 0.3 is 0 Å². The monoisotopic (exact) mass is 422 g/mol. The van der Waals surface area contributed by atoms with Gasteiger partial charge < -0.3 is 10.1 Å². The number of methoxy groups -OCH3 is 1. The summed E-state index contributed by atoms with van der Waals surface area (Å²) >= 11 is 6.06. The van der Waals surface area contributed by atoms with Crippen molar-refractivity contribution in [2.45, 2.75) is 37.0 Å². The first-order valence-corrected chi connectivity index (χ1v) is 11.0. The lowest BCUT2D eigenvalue weighted by atomic mass is 9.88. The SMILES string of the molecule is COc1ccc(NC(=O)C2CCCCC2)cc1S(=O)(=O)Nc1ccccc1Cl. The first kappa shape index (κ1) is 20.5. The molecule has 1 aliphatic carbocycles. The summed E-state index contributed by atoms with van der Waals surface area (Å²) in [5, 5.41) is 3.12. The van der Waals surface area contributed by atoms with Crippen LogP contribution in [0.15, 0.2) is 47.4 Å². The molecule has 1 amide bonds. The molecule has 1 saturated carbocycles. The van der Waals surface area contributed by atoms with Crippen molar-refractivity contribution < 1.29 is 17.9 Å². The minimum atomic E-state index is -3.97. The van der Waals surface area contributed by atoms with E-state index in [4.69, 9.17) is 16.3 Å². The van der Waals surface area contributed by atoms with Crippen LogP contribution in [0.1, 0.15) is 32.1 Å². The van der Waals surface area contributed by atoms with Gasteiger partial charge in [0, 0.05) is 11.6 Å². The Balaban J connectivity index is 1.86. The highest BCUT2D eigenvalue weighted by molar-refractivity contribution is 7.92. The van der Waals surface area contributed by atoms with E-state index in [0.717, 1.165) is 32.1 Å². The molecule has 0 aromatic heterocycles. The van der Waals surface area contributed by atoms with Gasteiger partial charge in [0.1, 0.15) is 10.6 Å². The van der Waals surface area contributed by atoms with Crippen molar-refractivity contribution in [2.24, 2.45) is 5.92 Å². The van der Waals surface area contributed by atoms with E-state index in [2.05, 4.69) is 10.0 Å². The number of nitrogens with one attached hydrogen (secondary N) is 2. The van der Waals surface area contributed by atoms with Gasteiger partial charge in [-0.2, -0.15) is 0 Å². The highest BCUT2D eigenvalue weighted by Gasteiger charge is 2.24. The number of anilines is 2. The second-order valence-corrected chi connectivity index (χ2v) is 8.83. The molecule has 8 heteroatoms. The van der Waals surface area contributed by atoms with E-state index < -0.39 is 10.0 Å². The third kappa shape index (κ3) is 4.77. The van der Waals surface area contributed by atoms with Crippen molar-refractivity contribution in [3.8, 4) is 5.75 Å². The fourth-order valence-corrected chi connectivity index (χ4v) is 4.83. The Kier molecular flexibility index (Phi) is 6.46. The Morgan fingerprint density at radius 2 is 1.82 bits per heavy atom. The van der Waals surface area contributed by atoms with Crippen LogP contribution in [0.3, 0.4) is 0 Å². The molecular formula is C20H23ClN2O4S. The van der Waals surface area contributed by atoms with Gasteiger partial charge in [-0.1, -0.05) is 43.0 Å². The van der Waals surface area contributed by atoms with Gasteiger partial charge in [0.15, 0.2) is 0 Å². The van der Waals surface area contributed by atoms with Crippen molar-refractivity contribution in [1.29, 1.82) is 0 Å². The Hall–Kier alpha value is -2.25. The molecule has 1 fully saturated rings. The van der Waals surface area contributed by atoms with Crippen LogP contribution in [0, 0.1) is 5.92 Å². The number of rotatable bonds is 6. The van der Waals surface area contributed by atoms with E-state index in [0.29, 0.717) is 5.69 Å². The summed E-state index contributed by atoms with van der Waals surface area (Å²) in [6.45, 7) is 0. The van der Waals surface area contributed by atoms with Crippen molar-refractivity contribution in [1.82, 2.24) is 0 Å². The standard InChI is InChI=1S/C20H23ClN2O4S/c1-27-18-12-11-15(22-20(24)14-7-3-2-4-8-14)13-19(18)28(25,26)23-17-10-6-5-9-16(17)21/h5-6,9-14,23H,2-4,7-8H2,1H3,(H,22,24). The molecule has 0 atom stereocenters. The number of sulfonamides is 1. The quantitative estimate of drug-likeness (QED) is 0.708. The second-order valence-electron chi connectivity index (χ2n) is 6.78. The number of ether oxygens (including phenoxy) is 1. The first-order chi connectivity index (χ1) is 13.4. The van der Waals surface area contributed by atoms with Crippen molar-refractivity contribution >= 4 is 38.9 Å². The molecule has 0 aliphatic heterocycles. The van der Waals surface area contributed by atoms with Gasteiger partial charge in [0.25, 0.3) is 10.0 Å². The molecule has 0 spiro atoms. The molecular weight excluding hydrogens is 400 g/mol. The van der Waals surface area contributed by atoms with E-state index in [1.165, 1.54) is 19.2 Å². The van der Waals surface area contributed by atoms with Gasteiger partial charge in [-0.3, -0.25) is 9.52 Å². The number of carbonyl (C=O) groups is 1. The van der Waals surface area contributed by atoms with E-state index in [1.54, 1.807) is 30.3 Å². The van der Waals surface area contributed by atoms with Crippen LogP contribution in [-0.4, -0.2) is 21.4 Å². The summed E-state index contributed by atoms with van der Waals surface area (Å²) in [7, 11) is -2.58. The van der Waals surface area contributed by atoms with Gasteiger partial charge in [-0.25, -0.2) is 8.42 Å². The van der Waals surface area contributed by atoms with Crippen LogP contribution in [0.25, 0.3) is 0 Å². The summed E-state index contributed by atoms with van der Waals surface area (Å²) in [5.74, 6) is 0.0691. The van der Waals surface area contributed by atoms with Gasteiger partial charge in [0.2, 0.25) is 5.91 Å². The van der Waals surface area contributed by atoms with E-state index in [-0.39, 0.29) is 33.2 Å². The molecule has 0 heterocycles. The van der Waals surface area contributed by atoms with Crippen molar-refractivity contribution in [3.05, 3.63) is 47.5 Å². The largest absolute Gasteiger partial charge is 0.495 e. The summed E-state index contributed by atoms with van der Waals surface area (Å²) in [4.78, 5) is 12.4. The lowest BCUT2D eigenvalue weighted by Gasteiger charge is -2.21. The molecule has 3 rings (SSSR count). The fourth-order valence-electron chi connectivity index (χ4n) is 3.32. The summed E-state index contributed by atoms with van der Waals surface area (Å²) in [6, 6.07) is 11.1. The van der Waals surface area contributed by atoms with Crippen molar-refractivity contribution in [2.75, 3.05) is 17.1 Å². The Morgan fingerprint density at radius 3 is 2.50 bits per heavy atom. The molecule has 1 aliphatic rings. The van der Waals surface area contributed by atoms with Crippen LogP contribution in [0.4, 0.5) is 11.4 Å². The van der Waals surface area contributed by atoms with E-state index in [9.17, 15) is 13.2 Å². The minimum absolute atomic E-state index is 0.0304. The number of hydrogen-bond acceptors (Lipinski definition) is 4. The van der Waals surface area contributed by atoms with E-state index >= 15 is 0 Å². The average molecular weight is 423 g/mol. The van der Waals surface area contributed by atoms with Gasteiger partial charge in [-0.05, 0) is 43.2 Å². The maximum absolute atomic E-state index is 12.9. The molecule has 0 saturated heterocycles. The Morgan fingerprint density at radius 1 is 1.11 bits per heavy atom. The molecule has 150 valence electrons. The summed E-state index contributed by atoms with van der Waals surface area (Å²) < 4.78 is 33.5. The zero-order chi connectivity index (χ0) is 20.1. The molecule has 2 aromatic carbocycles. The number of halogens is 1. The third-order valence-corrected chi connectivity index (χ3v) is 6.53. The van der Waals surface area contributed by atoms with Crippen molar-refractivity contribution in [3.63, 3.8) is 0 Å². The van der Waals surface area contributed by atoms with Crippen LogP contribution in [0.2, 0.25) is 5.02 Å². The Bertz CT molecular complexity index is 956. The fraction of sp³-hybridized carbons (Fsp3) is 0.350. The molecule has 28 heavy (non-hydrogen) atoms. The summed E-state index contributed by atoms with van der Waals surface area (Å²) in [6.07, 6.45) is 4.97. The van der Waals surface area contributed by atoms with Gasteiger partial charge in [-0.15, -0.1) is 0 Å². The minimum Gasteiger partial charge on any atom is -0.495 e. The highest BCUT2D eigenvalue weighted by Crippen LogP contribution is 2.31. The summed E-state index contributed by atoms with van der Waals surface area (Å²) in [5.41, 5.74) is 0.679. The van der Waals surface area contributed by atoms with Gasteiger partial charge in [0.05, 0.1) is 17.8 Å². The predicted molar refractivity (Wildman–Crippen MR) is 110 cm³/mol. The topological polar surface area (TPSA) is 84.5 Å². The molecule has 2 aromatic rings. The Labute approximate surface area is 170 Å². The van der Waals surface area contributed by atoms with Crippen LogP contribution >= 0.6 is 11.6 Å². The van der Waals surface area contributed by atoms with E-state index in [1.807, 2.05) is 0 Å². The predicted octanol–water partition coefficient (Wildman–Crippen LogP) is 4.67. The molecule has 6 nitrogen and oxygen atoms in total. The normalized spacial score (nSPS) is 15.1. The third-order valence-electron chi connectivity index (χ3n) is 4.81. The maximum atomic E-state index is 12.9. The average Bonchev–Trinajstić information content (AvgIpc) is 2.70. The molecule has 0 bridgehead atoms. The lowest BCUT2D eigenvalue weighted by molar-refractivity contribution is -0.120. The molecule has 2 N–H and O–H groups in total. The number of para-hydroxylation sites is 1. The van der Waals surface area contributed by atoms with Crippen LogP contribution < -0.4 is 14.8 Å². The number of carbonyl (C=O) groups excluding carboxylic acids is 1. The lowest BCUT2D eigenvalue weighted by Crippen LogP contribution is -2.25. The molecule has 0 unspecified atom stereocenters. The second kappa shape index (κ2) is 8.84. The highest BCUT2D eigenvalue weighted by atomic mass is 35.5. The van der Waals surface area contributed by atoms with Crippen LogP contribution in [0.5, 0.6) is 5.75 Å². The molecule has 0 radical (unpaired) electrons. The zero-order valence-corrected chi connectivity index (χ0v) is 17.1. The number of hydrogen-bond donors (Lipinski definition) is 2. The maximum Gasteiger partial charge on any atom is 0.265 e. The first-order valence-electron chi connectivity index (χ1n) is 9.17. The number of amides is 1. The smallest absolute Gasteiger partial charge is 0.265 e.